The van der Waals surface area contributed by atoms with E-state index in [0.29, 0.717) is 5.56 Å². The van der Waals surface area contributed by atoms with Crippen molar-refractivity contribution in [1.29, 1.82) is 0 Å². The van der Waals surface area contributed by atoms with E-state index in [4.69, 9.17) is 0 Å². The molecule has 2 heterocycles. The van der Waals surface area contributed by atoms with Gasteiger partial charge in [-0.3, -0.25) is 14.9 Å². The molecular formula is C23H21N5O. The van der Waals surface area contributed by atoms with Gasteiger partial charge in [-0.25, -0.2) is 5.43 Å². The van der Waals surface area contributed by atoms with Gasteiger partial charge in [0.2, 0.25) is 0 Å². The summed E-state index contributed by atoms with van der Waals surface area (Å²) < 4.78 is 0. The number of hydrogen-bond donors (Lipinski definition) is 2. The van der Waals surface area contributed by atoms with Crippen LogP contribution in [0.1, 0.15) is 32.7 Å². The Labute approximate surface area is 168 Å². The van der Waals surface area contributed by atoms with Crippen LogP contribution < -0.4 is 5.43 Å². The van der Waals surface area contributed by atoms with Crippen LogP contribution in [0.3, 0.4) is 0 Å². The molecule has 0 fully saturated rings. The second-order valence-corrected chi connectivity index (χ2v) is 7.05. The smallest absolute Gasteiger partial charge is 0.272 e. The molecule has 0 atom stereocenters. The van der Waals surface area contributed by atoms with Gasteiger partial charge in [-0.1, -0.05) is 48.0 Å². The van der Waals surface area contributed by atoms with Gasteiger partial charge in [-0.05, 0) is 32.4 Å². The monoisotopic (exact) mass is 383 g/mol. The average Bonchev–Trinajstić information content (AvgIpc) is 3.17. The molecule has 6 heteroatoms. The van der Waals surface area contributed by atoms with Crippen LogP contribution in [0.4, 0.5) is 0 Å². The Balaban J connectivity index is 1.58. The quantitative estimate of drug-likeness (QED) is 0.407. The number of benzene rings is 2. The van der Waals surface area contributed by atoms with Gasteiger partial charge >= 0.3 is 0 Å². The van der Waals surface area contributed by atoms with E-state index in [0.717, 1.165) is 39.0 Å². The van der Waals surface area contributed by atoms with Crippen molar-refractivity contribution >= 4 is 23.0 Å². The van der Waals surface area contributed by atoms with Crippen LogP contribution in [0, 0.1) is 20.8 Å². The number of hydrogen-bond acceptors (Lipinski definition) is 4. The molecule has 6 nitrogen and oxygen atoms in total. The molecule has 0 saturated heterocycles. The average molecular weight is 383 g/mol. The van der Waals surface area contributed by atoms with Crippen molar-refractivity contribution in [2.75, 3.05) is 0 Å². The van der Waals surface area contributed by atoms with Crippen molar-refractivity contribution in [2.45, 2.75) is 20.8 Å². The number of para-hydroxylation sites is 1. The molecule has 0 aliphatic heterocycles. The number of aromatic amines is 1. The minimum Gasteiger partial charge on any atom is -0.277 e. The van der Waals surface area contributed by atoms with Gasteiger partial charge in [0, 0.05) is 22.2 Å². The summed E-state index contributed by atoms with van der Waals surface area (Å²) in [5.74, 6) is -0.275. The van der Waals surface area contributed by atoms with Crippen LogP contribution >= 0.6 is 0 Å². The number of carbonyl (C=O) groups excluding carboxylic acids is 1. The zero-order valence-electron chi connectivity index (χ0n) is 16.5. The van der Waals surface area contributed by atoms with E-state index in [1.807, 2.05) is 63.2 Å². The largest absolute Gasteiger partial charge is 0.277 e. The van der Waals surface area contributed by atoms with E-state index in [9.17, 15) is 4.79 Å². The molecule has 2 N–H and O–H groups in total. The summed E-state index contributed by atoms with van der Waals surface area (Å²) >= 11 is 0. The predicted octanol–water partition coefficient (Wildman–Crippen LogP) is 4.31. The number of carbonyl (C=O) groups is 1. The molecule has 29 heavy (non-hydrogen) atoms. The standard InChI is InChI=1S/C23H21N5O/c1-14-7-9-17(10-8-14)22-18(12-24-27-22)13-25-28-23(29)20-11-16(3)26-21-15(2)5-4-6-19(20)21/h4-13H,1-3H3,(H,24,27)(H,28,29)/b25-13-. The number of rotatable bonds is 4. The summed E-state index contributed by atoms with van der Waals surface area (Å²) in [4.78, 5) is 17.3. The molecule has 0 radical (unpaired) electrons. The van der Waals surface area contributed by atoms with Crippen LogP contribution in [0.2, 0.25) is 0 Å². The summed E-state index contributed by atoms with van der Waals surface area (Å²) in [5, 5.41) is 12.0. The number of amides is 1. The minimum absolute atomic E-state index is 0.275. The second-order valence-electron chi connectivity index (χ2n) is 7.05. The lowest BCUT2D eigenvalue weighted by Crippen LogP contribution is -2.18. The summed E-state index contributed by atoms with van der Waals surface area (Å²) in [6.07, 6.45) is 3.28. The van der Waals surface area contributed by atoms with Crippen LogP contribution in [-0.4, -0.2) is 27.3 Å². The highest BCUT2D eigenvalue weighted by Gasteiger charge is 2.13. The summed E-state index contributed by atoms with van der Waals surface area (Å²) in [7, 11) is 0. The first kappa shape index (κ1) is 18.6. The van der Waals surface area contributed by atoms with Gasteiger partial charge in [0.1, 0.15) is 0 Å². The van der Waals surface area contributed by atoms with E-state index >= 15 is 0 Å². The van der Waals surface area contributed by atoms with E-state index in [1.165, 1.54) is 5.56 Å². The van der Waals surface area contributed by atoms with Gasteiger partial charge in [0.05, 0.1) is 29.2 Å². The highest BCUT2D eigenvalue weighted by molar-refractivity contribution is 6.07. The van der Waals surface area contributed by atoms with Crippen LogP contribution in [0.5, 0.6) is 0 Å². The summed E-state index contributed by atoms with van der Waals surface area (Å²) in [5.41, 5.74) is 9.67. The number of pyridine rings is 1. The Morgan fingerprint density at radius 1 is 1.10 bits per heavy atom. The Morgan fingerprint density at radius 2 is 1.90 bits per heavy atom. The van der Waals surface area contributed by atoms with Crippen molar-refractivity contribution < 1.29 is 4.79 Å². The first-order chi connectivity index (χ1) is 14.0. The first-order valence-electron chi connectivity index (χ1n) is 9.34. The lowest BCUT2D eigenvalue weighted by molar-refractivity contribution is 0.0956. The van der Waals surface area contributed by atoms with Gasteiger partial charge in [-0.2, -0.15) is 10.2 Å². The zero-order valence-corrected chi connectivity index (χ0v) is 16.5. The van der Waals surface area contributed by atoms with Crippen molar-refractivity contribution in [3.63, 3.8) is 0 Å². The maximum Gasteiger partial charge on any atom is 0.272 e. The third kappa shape index (κ3) is 3.78. The van der Waals surface area contributed by atoms with Crippen molar-refractivity contribution in [3.05, 3.63) is 82.7 Å². The Kier molecular flexibility index (Phi) is 4.91. The zero-order chi connectivity index (χ0) is 20.4. The molecule has 0 bridgehead atoms. The fraction of sp³-hybridized carbons (Fsp3) is 0.130. The van der Waals surface area contributed by atoms with Crippen molar-refractivity contribution in [3.8, 4) is 11.3 Å². The van der Waals surface area contributed by atoms with E-state index in [1.54, 1.807) is 18.5 Å². The van der Waals surface area contributed by atoms with Crippen LogP contribution in [0.25, 0.3) is 22.2 Å². The molecule has 0 saturated carbocycles. The molecule has 0 aliphatic carbocycles. The minimum atomic E-state index is -0.275. The molecule has 0 aliphatic rings. The Morgan fingerprint density at radius 3 is 2.69 bits per heavy atom. The third-order valence-corrected chi connectivity index (χ3v) is 4.79. The van der Waals surface area contributed by atoms with Crippen LogP contribution in [0.15, 0.2) is 59.8 Å². The summed E-state index contributed by atoms with van der Waals surface area (Å²) in [6.45, 7) is 5.91. The first-order valence-corrected chi connectivity index (χ1v) is 9.34. The fourth-order valence-electron chi connectivity index (χ4n) is 3.27. The number of fused-ring (bicyclic) bond motifs is 1. The maximum absolute atomic E-state index is 12.8. The molecule has 2 aromatic heterocycles. The summed E-state index contributed by atoms with van der Waals surface area (Å²) in [6, 6.07) is 15.7. The molecule has 4 aromatic rings. The van der Waals surface area contributed by atoms with E-state index in [-0.39, 0.29) is 5.91 Å². The molecule has 0 spiro atoms. The van der Waals surface area contributed by atoms with Crippen LogP contribution in [-0.2, 0) is 0 Å². The number of nitrogens with one attached hydrogen (secondary N) is 2. The number of hydrazone groups is 1. The second kappa shape index (κ2) is 7.67. The predicted molar refractivity (Wildman–Crippen MR) is 115 cm³/mol. The molecule has 144 valence electrons. The number of nitrogens with zero attached hydrogens (tertiary/aromatic N) is 3. The maximum atomic E-state index is 12.8. The van der Waals surface area contributed by atoms with Gasteiger partial charge in [-0.15, -0.1) is 0 Å². The lowest BCUT2D eigenvalue weighted by Gasteiger charge is -2.08. The highest BCUT2D eigenvalue weighted by atomic mass is 16.2. The SMILES string of the molecule is Cc1ccc(-c2[nH]ncc2/C=N\NC(=O)c2cc(C)nc3c(C)cccc23)cc1. The van der Waals surface area contributed by atoms with Gasteiger partial charge in [0.15, 0.2) is 0 Å². The van der Waals surface area contributed by atoms with Crippen molar-refractivity contribution in [1.82, 2.24) is 20.6 Å². The van der Waals surface area contributed by atoms with E-state index < -0.39 is 0 Å². The molecule has 4 rings (SSSR count). The number of H-pyrrole nitrogens is 1. The van der Waals surface area contributed by atoms with Gasteiger partial charge in [0.25, 0.3) is 5.91 Å². The Hall–Kier alpha value is -3.80. The fourth-order valence-corrected chi connectivity index (χ4v) is 3.27. The molecule has 1 amide bonds. The van der Waals surface area contributed by atoms with E-state index in [2.05, 4.69) is 25.7 Å². The molecular weight excluding hydrogens is 362 g/mol. The lowest BCUT2D eigenvalue weighted by atomic mass is 10.0. The molecule has 0 unspecified atom stereocenters. The Bertz CT molecular complexity index is 1220. The van der Waals surface area contributed by atoms with Gasteiger partial charge < -0.3 is 0 Å². The number of aromatic nitrogens is 3. The highest BCUT2D eigenvalue weighted by Crippen LogP contribution is 2.22. The molecule has 2 aromatic carbocycles. The van der Waals surface area contributed by atoms with Crippen molar-refractivity contribution in [2.24, 2.45) is 5.10 Å². The topological polar surface area (TPSA) is 83.0 Å². The normalized spacial score (nSPS) is 11.3. The number of aryl methyl sites for hydroxylation is 3. The third-order valence-electron chi connectivity index (χ3n) is 4.79.